The summed E-state index contributed by atoms with van der Waals surface area (Å²) in [7, 11) is 1.49. The Morgan fingerprint density at radius 1 is 1.47 bits per heavy atom. The van der Waals surface area contributed by atoms with Crippen LogP contribution in [0, 0.1) is 10.1 Å². The lowest BCUT2D eigenvalue weighted by molar-refractivity contribution is -0.383. The summed E-state index contributed by atoms with van der Waals surface area (Å²) < 4.78 is 28.2. The van der Waals surface area contributed by atoms with Crippen LogP contribution in [-0.2, 0) is 4.74 Å². The minimum absolute atomic E-state index is 0.00463. The molecule has 0 aliphatic rings. The molecule has 0 fully saturated rings. The third-order valence-electron chi connectivity index (χ3n) is 2.02. The van der Waals surface area contributed by atoms with Gasteiger partial charge in [0.2, 0.25) is 11.6 Å². The summed E-state index contributed by atoms with van der Waals surface area (Å²) in [5.41, 5.74) is -0.307. The van der Waals surface area contributed by atoms with Crippen LogP contribution in [0.1, 0.15) is 0 Å². The van der Waals surface area contributed by atoms with Gasteiger partial charge in [0.15, 0.2) is 0 Å². The van der Waals surface area contributed by atoms with Crippen molar-refractivity contribution in [3.8, 4) is 0 Å². The number of nitrogens with one attached hydrogen (secondary N) is 2. The summed E-state index contributed by atoms with van der Waals surface area (Å²) in [5, 5.41) is 16.1. The van der Waals surface area contributed by atoms with Gasteiger partial charge in [-0.05, 0) is 0 Å². The lowest BCUT2D eigenvalue weighted by Crippen LogP contribution is -2.15. The van der Waals surface area contributed by atoms with Gasteiger partial charge in [0.25, 0.3) is 6.43 Å². The van der Waals surface area contributed by atoms with Crippen LogP contribution in [0.3, 0.4) is 0 Å². The zero-order valence-electron chi connectivity index (χ0n) is 10.1. The van der Waals surface area contributed by atoms with Crippen LogP contribution in [0.5, 0.6) is 0 Å². The van der Waals surface area contributed by atoms with Crippen LogP contribution in [0.15, 0.2) is 6.33 Å². The summed E-state index contributed by atoms with van der Waals surface area (Å²) in [6, 6.07) is 0. The highest BCUT2D eigenvalue weighted by Crippen LogP contribution is 2.27. The molecule has 0 amide bonds. The van der Waals surface area contributed by atoms with Gasteiger partial charge in [0, 0.05) is 13.6 Å². The average molecular weight is 277 g/mol. The predicted octanol–water partition coefficient (Wildman–Crippen LogP) is 1.12. The van der Waals surface area contributed by atoms with E-state index in [4.69, 9.17) is 0 Å². The van der Waals surface area contributed by atoms with Crippen molar-refractivity contribution in [3.63, 3.8) is 0 Å². The second kappa shape index (κ2) is 7.36. The van der Waals surface area contributed by atoms with E-state index in [1.165, 1.54) is 7.05 Å². The Labute approximate surface area is 107 Å². The fourth-order valence-corrected chi connectivity index (χ4v) is 1.28. The van der Waals surface area contributed by atoms with Crippen molar-refractivity contribution in [2.24, 2.45) is 0 Å². The van der Waals surface area contributed by atoms with Crippen LogP contribution in [-0.4, -0.2) is 48.1 Å². The molecule has 0 aromatic carbocycles. The molecule has 0 aliphatic carbocycles. The first-order chi connectivity index (χ1) is 9.06. The predicted molar refractivity (Wildman–Crippen MR) is 63.5 cm³/mol. The number of nitro groups is 1. The molecular formula is C9H13F2N5O3. The number of ether oxygens (including phenoxy) is 1. The van der Waals surface area contributed by atoms with E-state index in [0.29, 0.717) is 0 Å². The van der Waals surface area contributed by atoms with Crippen LogP contribution >= 0.6 is 0 Å². The van der Waals surface area contributed by atoms with E-state index in [9.17, 15) is 18.9 Å². The Balaban J connectivity index is 2.60. The van der Waals surface area contributed by atoms with Crippen LogP contribution in [0.25, 0.3) is 0 Å². The van der Waals surface area contributed by atoms with Crippen LogP contribution < -0.4 is 10.6 Å². The van der Waals surface area contributed by atoms with Crippen molar-refractivity contribution in [1.82, 2.24) is 9.97 Å². The molecule has 1 heterocycles. The third kappa shape index (κ3) is 4.58. The van der Waals surface area contributed by atoms with Gasteiger partial charge < -0.3 is 15.4 Å². The Kier molecular flexibility index (Phi) is 5.79. The zero-order chi connectivity index (χ0) is 14.3. The number of hydrogen-bond donors (Lipinski definition) is 2. The molecule has 1 aromatic rings. The molecule has 1 aromatic heterocycles. The SMILES string of the molecule is CNc1ncnc(NCCOCC(F)F)c1[N+](=O)[O-]. The van der Waals surface area contributed by atoms with E-state index >= 15 is 0 Å². The second-order valence-corrected chi connectivity index (χ2v) is 3.32. The van der Waals surface area contributed by atoms with E-state index < -0.39 is 18.0 Å². The molecule has 1 rings (SSSR count). The molecule has 0 bridgehead atoms. The Hall–Kier alpha value is -2.10. The molecular weight excluding hydrogens is 264 g/mol. The van der Waals surface area contributed by atoms with Gasteiger partial charge in [-0.3, -0.25) is 10.1 Å². The van der Waals surface area contributed by atoms with Crippen molar-refractivity contribution in [2.75, 3.05) is 37.4 Å². The first-order valence-corrected chi connectivity index (χ1v) is 5.33. The molecule has 0 aliphatic heterocycles. The Morgan fingerprint density at radius 3 is 2.74 bits per heavy atom. The number of nitrogens with zero attached hydrogens (tertiary/aromatic N) is 3. The standard InChI is InChI=1S/C9H13F2N5O3/c1-12-8-7(16(17)18)9(15-5-14-8)13-2-3-19-4-6(10)11/h5-6H,2-4H2,1H3,(H2,12,13,14,15). The maximum atomic E-state index is 11.8. The van der Waals surface area contributed by atoms with Gasteiger partial charge in [0.05, 0.1) is 11.5 Å². The van der Waals surface area contributed by atoms with Gasteiger partial charge >= 0.3 is 5.69 Å². The van der Waals surface area contributed by atoms with E-state index in [1.807, 2.05) is 0 Å². The number of alkyl halides is 2. The lowest BCUT2D eigenvalue weighted by atomic mass is 10.4. The summed E-state index contributed by atoms with van der Waals surface area (Å²) in [6.07, 6.45) is -1.38. The summed E-state index contributed by atoms with van der Waals surface area (Å²) in [4.78, 5) is 17.7. The van der Waals surface area contributed by atoms with Crippen molar-refractivity contribution in [2.45, 2.75) is 6.43 Å². The highest BCUT2D eigenvalue weighted by Gasteiger charge is 2.21. The summed E-state index contributed by atoms with van der Waals surface area (Å²) in [6.45, 7) is -0.566. The lowest BCUT2D eigenvalue weighted by Gasteiger charge is -2.08. The smallest absolute Gasteiger partial charge is 0.353 e. The van der Waals surface area contributed by atoms with E-state index in [1.54, 1.807) is 0 Å². The molecule has 2 N–H and O–H groups in total. The minimum Gasteiger partial charge on any atom is -0.374 e. The summed E-state index contributed by atoms with van der Waals surface area (Å²) in [5.74, 6) is 0.0704. The molecule has 10 heteroatoms. The zero-order valence-corrected chi connectivity index (χ0v) is 10.1. The van der Waals surface area contributed by atoms with Gasteiger partial charge in [-0.15, -0.1) is 0 Å². The highest BCUT2D eigenvalue weighted by molar-refractivity contribution is 5.68. The molecule has 106 valence electrons. The molecule has 0 radical (unpaired) electrons. The Bertz CT molecular complexity index is 432. The number of rotatable bonds is 8. The first kappa shape index (κ1) is 15.0. The third-order valence-corrected chi connectivity index (χ3v) is 2.02. The molecule has 0 spiro atoms. The van der Waals surface area contributed by atoms with Crippen LogP contribution in [0.2, 0.25) is 0 Å². The van der Waals surface area contributed by atoms with Crippen molar-refractivity contribution in [1.29, 1.82) is 0 Å². The maximum Gasteiger partial charge on any atom is 0.353 e. The Morgan fingerprint density at radius 2 is 2.16 bits per heavy atom. The number of halogens is 2. The molecule has 0 unspecified atom stereocenters. The van der Waals surface area contributed by atoms with E-state index in [2.05, 4.69) is 25.3 Å². The second-order valence-electron chi connectivity index (χ2n) is 3.32. The van der Waals surface area contributed by atoms with Crippen molar-refractivity contribution >= 4 is 17.3 Å². The van der Waals surface area contributed by atoms with E-state index in [-0.39, 0.29) is 30.5 Å². The van der Waals surface area contributed by atoms with Gasteiger partial charge in [-0.2, -0.15) is 0 Å². The van der Waals surface area contributed by atoms with Crippen molar-refractivity contribution < 1.29 is 18.4 Å². The van der Waals surface area contributed by atoms with Gasteiger partial charge in [0.1, 0.15) is 12.9 Å². The monoisotopic (exact) mass is 277 g/mol. The summed E-state index contributed by atoms with van der Waals surface area (Å²) >= 11 is 0. The molecule has 0 saturated heterocycles. The minimum atomic E-state index is -2.54. The number of hydrogen-bond acceptors (Lipinski definition) is 7. The van der Waals surface area contributed by atoms with Crippen molar-refractivity contribution in [3.05, 3.63) is 16.4 Å². The van der Waals surface area contributed by atoms with Gasteiger partial charge in [-0.25, -0.2) is 18.7 Å². The van der Waals surface area contributed by atoms with Gasteiger partial charge in [-0.1, -0.05) is 0 Å². The number of anilines is 2. The highest BCUT2D eigenvalue weighted by atomic mass is 19.3. The first-order valence-electron chi connectivity index (χ1n) is 5.33. The molecule has 0 atom stereocenters. The fraction of sp³-hybridized carbons (Fsp3) is 0.556. The van der Waals surface area contributed by atoms with E-state index in [0.717, 1.165) is 6.33 Å². The van der Waals surface area contributed by atoms with Crippen LogP contribution in [0.4, 0.5) is 26.1 Å². The maximum absolute atomic E-state index is 11.8. The normalized spacial score (nSPS) is 10.5. The average Bonchev–Trinajstić information content (AvgIpc) is 2.37. The molecule has 0 saturated carbocycles. The largest absolute Gasteiger partial charge is 0.374 e. The quantitative estimate of drug-likeness (QED) is 0.417. The topological polar surface area (TPSA) is 102 Å². The number of aromatic nitrogens is 2. The molecule has 19 heavy (non-hydrogen) atoms. The molecule has 8 nitrogen and oxygen atoms in total. The fourth-order valence-electron chi connectivity index (χ4n) is 1.28.